The van der Waals surface area contributed by atoms with E-state index in [1.54, 1.807) is 25.1 Å². The van der Waals surface area contributed by atoms with Gasteiger partial charge in [-0.2, -0.15) is 0 Å². The van der Waals surface area contributed by atoms with Gasteiger partial charge in [0, 0.05) is 24.6 Å². The third kappa shape index (κ3) is 4.35. The number of nitrogens with zero attached hydrogens (tertiary/aromatic N) is 1. The summed E-state index contributed by atoms with van der Waals surface area (Å²) in [7, 11) is 1.63. The molecular weight excluding hydrogens is 324 g/mol. The fourth-order valence-electron chi connectivity index (χ4n) is 2.50. The van der Waals surface area contributed by atoms with Crippen LogP contribution in [0.2, 0.25) is 0 Å². The predicted molar refractivity (Wildman–Crippen MR) is 93.1 cm³/mol. The summed E-state index contributed by atoms with van der Waals surface area (Å²) < 4.78 is 10.6. The Morgan fingerprint density at radius 1 is 1.29 bits per heavy atom. The van der Waals surface area contributed by atoms with Crippen molar-refractivity contribution in [3.63, 3.8) is 0 Å². The number of carbonyl (C=O) groups is 1. The van der Waals surface area contributed by atoms with Gasteiger partial charge in [-0.15, -0.1) is 11.8 Å². The average Bonchev–Trinajstić information content (AvgIpc) is 3.08. The van der Waals surface area contributed by atoms with E-state index in [2.05, 4.69) is 10.3 Å². The highest BCUT2D eigenvalue weighted by atomic mass is 32.2. The Bertz CT molecular complexity index is 664. The molecule has 1 aliphatic rings. The van der Waals surface area contributed by atoms with Gasteiger partial charge in [-0.05, 0) is 29.8 Å². The minimum absolute atomic E-state index is 0.0806. The molecule has 6 heteroatoms. The second-order valence-electron chi connectivity index (χ2n) is 5.55. The Labute approximate surface area is 145 Å². The monoisotopic (exact) mass is 344 g/mol. The summed E-state index contributed by atoms with van der Waals surface area (Å²) in [6.07, 6.45) is 1.71. The van der Waals surface area contributed by atoms with Gasteiger partial charge in [0.05, 0.1) is 24.3 Å². The van der Waals surface area contributed by atoms with E-state index in [4.69, 9.17) is 9.47 Å². The fraction of sp³-hybridized carbons (Fsp3) is 0.333. The molecule has 2 atom stereocenters. The van der Waals surface area contributed by atoms with Crippen molar-refractivity contribution in [3.05, 3.63) is 59.8 Å². The van der Waals surface area contributed by atoms with Crippen LogP contribution in [0.1, 0.15) is 15.9 Å². The van der Waals surface area contributed by atoms with Crippen molar-refractivity contribution in [3.8, 4) is 0 Å². The summed E-state index contributed by atoms with van der Waals surface area (Å²) in [5.74, 6) is 0.720. The summed E-state index contributed by atoms with van der Waals surface area (Å²) in [6.45, 7) is 1.01. The number of benzene rings is 1. The zero-order valence-corrected chi connectivity index (χ0v) is 14.3. The summed E-state index contributed by atoms with van der Waals surface area (Å²) in [6, 6.07) is 13.4. The number of amides is 1. The van der Waals surface area contributed by atoms with E-state index < -0.39 is 0 Å². The Morgan fingerprint density at radius 2 is 2.12 bits per heavy atom. The molecule has 0 saturated carbocycles. The van der Waals surface area contributed by atoms with Gasteiger partial charge in [0.25, 0.3) is 5.91 Å². The smallest absolute Gasteiger partial charge is 0.251 e. The van der Waals surface area contributed by atoms with Crippen LogP contribution >= 0.6 is 11.8 Å². The topological polar surface area (TPSA) is 60.5 Å². The van der Waals surface area contributed by atoms with E-state index in [-0.39, 0.29) is 18.1 Å². The summed E-state index contributed by atoms with van der Waals surface area (Å²) in [5, 5.41) is 3.96. The molecule has 2 aromatic rings. The number of ether oxygens (including phenoxy) is 2. The summed E-state index contributed by atoms with van der Waals surface area (Å²) >= 11 is 1.67. The lowest BCUT2D eigenvalue weighted by atomic mass is 10.1. The van der Waals surface area contributed by atoms with Crippen molar-refractivity contribution in [2.24, 2.45) is 0 Å². The Balaban J connectivity index is 1.54. The van der Waals surface area contributed by atoms with E-state index in [1.807, 2.05) is 42.5 Å². The van der Waals surface area contributed by atoms with Crippen molar-refractivity contribution in [1.29, 1.82) is 0 Å². The standard InChI is InChI=1S/C18H20N2O3S/c1-22-16-11-23-10-15(16)20-18(21)14-7-5-13(6-8-14)12-24-17-4-2-3-9-19-17/h2-9,15-16H,10-12H2,1H3,(H,20,21)/t15-,16-/m1/s1. The molecule has 0 aliphatic carbocycles. The molecule has 1 aromatic heterocycles. The first-order chi connectivity index (χ1) is 11.8. The summed E-state index contributed by atoms with van der Waals surface area (Å²) in [5.41, 5.74) is 1.80. The molecule has 0 spiro atoms. The largest absolute Gasteiger partial charge is 0.377 e. The number of methoxy groups -OCH3 is 1. The highest BCUT2D eigenvalue weighted by molar-refractivity contribution is 7.98. The molecule has 0 unspecified atom stereocenters. The van der Waals surface area contributed by atoms with Crippen LogP contribution in [0.25, 0.3) is 0 Å². The maximum absolute atomic E-state index is 12.3. The molecule has 1 N–H and O–H groups in total. The maximum Gasteiger partial charge on any atom is 0.251 e. The lowest BCUT2D eigenvalue weighted by molar-refractivity contribution is 0.0685. The van der Waals surface area contributed by atoms with E-state index in [0.29, 0.717) is 18.8 Å². The molecule has 1 amide bonds. The van der Waals surface area contributed by atoms with Gasteiger partial charge in [-0.25, -0.2) is 4.98 Å². The quantitative estimate of drug-likeness (QED) is 0.816. The number of aromatic nitrogens is 1. The molecule has 0 radical (unpaired) electrons. The molecule has 1 saturated heterocycles. The molecule has 0 bridgehead atoms. The van der Waals surface area contributed by atoms with Gasteiger partial charge < -0.3 is 14.8 Å². The molecule has 126 valence electrons. The first-order valence-corrected chi connectivity index (χ1v) is 8.79. The molecular formula is C18H20N2O3S. The lowest BCUT2D eigenvalue weighted by Crippen LogP contribution is -2.43. The van der Waals surface area contributed by atoms with Crippen molar-refractivity contribution < 1.29 is 14.3 Å². The SMILES string of the molecule is CO[C@@H]1COC[C@H]1NC(=O)c1ccc(CSc2ccccn2)cc1. The van der Waals surface area contributed by atoms with Crippen molar-refractivity contribution >= 4 is 17.7 Å². The van der Waals surface area contributed by atoms with Gasteiger partial charge in [0.2, 0.25) is 0 Å². The number of hydrogen-bond acceptors (Lipinski definition) is 5. The van der Waals surface area contributed by atoms with Crippen LogP contribution < -0.4 is 5.32 Å². The zero-order chi connectivity index (χ0) is 16.8. The molecule has 2 heterocycles. The predicted octanol–water partition coefficient (Wildman–Crippen LogP) is 2.52. The van der Waals surface area contributed by atoms with E-state index in [1.165, 1.54) is 0 Å². The summed E-state index contributed by atoms with van der Waals surface area (Å²) in [4.78, 5) is 16.6. The van der Waals surface area contributed by atoms with Crippen LogP contribution in [-0.2, 0) is 15.2 Å². The van der Waals surface area contributed by atoms with E-state index >= 15 is 0 Å². The molecule has 1 aliphatic heterocycles. The number of thioether (sulfide) groups is 1. The van der Waals surface area contributed by atoms with Gasteiger partial charge in [0.15, 0.2) is 0 Å². The number of pyridine rings is 1. The van der Waals surface area contributed by atoms with Crippen LogP contribution in [0, 0.1) is 0 Å². The van der Waals surface area contributed by atoms with Crippen molar-refractivity contribution in [2.75, 3.05) is 20.3 Å². The number of hydrogen-bond donors (Lipinski definition) is 1. The highest BCUT2D eigenvalue weighted by Gasteiger charge is 2.29. The highest BCUT2D eigenvalue weighted by Crippen LogP contribution is 2.20. The van der Waals surface area contributed by atoms with Crippen molar-refractivity contribution in [2.45, 2.75) is 22.9 Å². The Hall–Kier alpha value is -1.89. The fourth-order valence-corrected chi connectivity index (χ4v) is 3.31. The minimum atomic E-state index is -0.100. The van der Waals surface area contributed by atoms with Crippen LogP contribution in [0.5, 0.6) is 0 Å². The normalized spacial score (nSPS) is 20.0. The van der Waals surface area contributed by atoms with Gasteiger partial charge in [0.1, 0.15) is 6.10 Å². The number of carbonyl (C=O) groups excluding carboxylic acids is 1. The van der Waals surface area contributed by atoms with Crippen LogP contribution in [0.3, 0.4) is 0 Å². The van der Waals surface area contributed by atoms with Crippen molar-refractivity contribution in [1.82, 2.24) is 10.3 Å². The first kappa shape index (κ1) is 17.0. The number of nitrogens with one attached hydrogen (secondary N) is 1. The van der Waals surface area contributed by atoms with Gasteiger partial charge in [-0.3, -0.25) is 4.79 Å². The minimum Gasteiger partial charge on any atom is -0.377 e. The molecule has 3 rings (SSSR count). The zero-order valence-electron chi connectivity index (χ0n) is 13.5. The Kier molecular flexibility index (Phi) is 5.85. The first-order valence-electron chi connectivity index (χ1n) is 7.80. The van der Waals surface area contributed by atoms with Crippen LogP contribution in [-0.4, -0.2) is 43.4 Å². The second kappa shape index (κ2) is 8.28. The van der Waals surface area contributed by atoms with E-state index in [9.17, 15) is 4.79 Å². The molecule has 1 aromatic carbocycles. The average molecular weight is 344 g/mol. The Morgan fingerprint density at radius 3 is 2.83 bits per heavy atom. The molecule has 5 nitrogen and oxygen atoms in total. The molecule has 24 heavy (non-hydrogen) atoms. The van der Waals surface area contributed by atoms with Crippen LogP contribution in [0.4, 0.5) is 0 Å². The second-order valence-corrected chi connectivity index (χ2v) is 6.54. The maximum atomic E-state index is 12.3. The van der Waals surface area contributed by atoms with E-state index in [0.717, 1.165) is 16.3 Å². The molecule has 1 fully saturated rings. The van der Waals surface area contributed by atoms with Gasteiger partial charge in [-0.1, -0.05) is 18.2 Å². The van der Waals surface area contributed by atoms with Gasteiger partial charge >= 0.3 is 0 Å². The third-order valence-electron chi connectivity index (χ3n) is 3.89. The van der Waals surface area contributed by atoms with Crippen LogP contribution in [0.15, 0.2) is 53.7 Å². The third-order valence-corrected chi connectivity index (χ3v) is 4.90. The lowest BCUT2D eigenvalue weighted by Gasteiger charge is -2.17. The number of rotatable bonds is 6.